The number of amides is 1. The molecule has 1 N–H and O–H groups in total. The number of carbonyl (C=O) groups excluding carboxylic acids is 1. The van der Waals surface area contributed by atoms with Gasteiger partial charge in [0, 0.05) is 18.0 Å². The number of carbonyl (C=O) groups is 1. The van der Waals surface area contributed by atoms with Crippen LogP contribution in [-0.4, -0.2) is 15.9 Å². The van der Waals surface area contributed by atoms with E-state index in [0.717, 1.165) is 21.7 Å². The van der Waals surface area contributed by atoms with E-state index in [0.29, 0.717) is 10.7 Å². The zero-order valence-corrected chi connectivity index (χ0v) is 14.1. The van der Waals surface area contributed by atoms with E-state index in [2.05, 4.69) is 40.4 Å². The van der Waals surface area contributed by atoms with Gasteiger partial charge in [-0.1, -0.05) is 41.2 Å². The van der Waals surface area contributed by atoms with Gasteiger partial charge in [0.2, 0.25) is 0 Å². The molecule has 0 bridgehead atoms. The number of anilines is 1. The van der Waals surface area contributed by atoms with Gasteiger partial charge in [-0.25, -0.2) is 4.98 Å². The molecule has 2 heterocycles. The number of hydrogen-bond donors (Lipinski definition) is 1. The number of aromatic nitrogens is 2. The van der Waals surface area contributed by atoms with Crippen LogP contribution in [0.15, 0.2) is 42.7 Å². The molecule has 2 aromatic heterocycles. The van der Waals surface area contributed by atoms with E-state index in [9.17, 15) is 4.79 Å². The molecule has 23 heavy (non-hydrogen) atoms. The largest absolute Gasteiger partial charge is 0.298 e. The highest BCUT2D eigenvalue weighted by Gasteiger charge is 2.14. The van der Waals surface area contributed by atoms with E-state index in [1.54, 1.807) is 18.5 Å². The molecule has 0 radical (unpaired) electrons. The number of benzene rings is 1. The Labute approximate surface area is 139 Å². The Hall–Kier alpha value is -2.53. The summed E-state index contributed by atoms with van der Waals surface area (Å²) in [5.41, 5.74) is 4.71. The maximum absolute atomic E-state index is 12.4. The molecule has 3 aromatic rings. The molecule has 0 spiro atoms. The zero-order chi connectivity index (χ0) is 16.4. The molecule has 4 nitrogen and oxygen atoms in total. The highest BCUT2D eigenvalue weighted by atomic mass is 32.1. The molecule has 0 unspecified atom stereocenters. The molecule has 1 aromatic carbocycles. The summed E-state index contributed by atoms with van der Waals surface area (Å²) in [4.78, 5) is 21.9. The lowest BCUT2D eigenvalue weighted by Gasteiger charge is -2.04. The van der Waals surface area contributed by atoms with Crippen LogP contribution in [0.5, 0.6) is 0 Å². The smallest absolute Gasteiger partial charge is 0.257 e. The lowest BCUT2D eigenvalue weighted by molar-refractivity contribution is 0.102. The summed E-state index contributed by atoms with van der Waals surface area (Å²) in [5.74, 6) is -0.158. The number of aryl methyl sites for hydroxylation is 3. The fraction of sp³-hybridized carbons (Fsp3) is 0.167. The van der Waals surface area contributed by atoms with Crippen LogP contribution in [0.2, 0.25) is 0 Å². The normalized spacial score (nSPS) is 10.6. The van der Waals surface area contributed by atoms with Crippen LogP contribution in [0, 0.1) is 20.8 Å². The minimum Gasteiger partial charge on any atom is -0.298 e. The van der Waals surface area contributed by atoms with Gasteiger partial charge in [-0.3, -0.25) is 15.1 Å². The number of rotatable bonds is 3. The molecule has 1 amide bonds. The Kier molecular flexibility index (Phi) is 4.21. The van der Waals surface area contributed by atoms with E-state index >= 15 is 0 Å². The van der Waals surface area contributed by atoms with Crippen LogP contribution >= 0.6 is 11.3 Å². The molecular formula is C18H17N3OS. The number of nitrogens with zero attached hydrogens (tertiary/aromatic N) is 2. The minimum atomic E-state index is -0.158. The molecule has 116 valence electrons. The van der Waals surface area contributed by atoms with E-state index < -0.39 is 0 Å². The van der Waals surface area contributed by atoms with Crippen molar-refractivity contribution < 1.29 is 4.79 Å². The van der Waals surface area contributed by atoms with E-state index in [-0.39, 0.29) is 5.91 Å². The molecule has 0 aliphatic rings. The van der Waals surface area contributed by atoms with Crippen molar-refractivity contribution in [1.82, 2.24) is 9.97 Å². The first-order valence-corrected chi connectivity index (χ1v) is 8.12. The molecule has 0 atom stereocenters. The summed E-state index contributed by atoms with van der Waals surface area (Å²) in [5, 5.41) is 3.50. The van der Waals surface area contributed by atoms with E-state index in [1.165, 1.54) is 16.9 Å². The zero-order valence-electron chi connectivity index (χ0n) is 13.3. The molecule has 0 aliphatic carbocycles. The summed E-state index contributed by atoms with van der Waals surface area (Å²) in [6.45, 7) is 5.89. The van der Waals surface area contributed by atoms with Crippen molar-refractivity contribution in [3.8, 4) is 10.4 Å². The van der Waals surface area contributed by atoms with E-state index in [1.807, 2.05) is 19.9 Å². The first-order valence-electron chi connectivity index (χ1n) is 7.31. The van der Waals surface area contributed by atoms with Crippen LogP contribution < -0.4 is 5.32 Å². The molecule has 3 rings (SSSR count). The van der Waals surface area contributed by atoms with Crippen molar-refractivity contribution in [3.63, 3.8) is 0 Å². The van der Waals surface area contributed by atoms with E-state index in [4.69, 9.17) is 0 Å². The fourth-order valence-corrected chi connectivity index (χ4v) is 3.35. The van der Waals surface area contributed by atoms with Crippen LogP contribution in [0.3, 0.4) is 0 Å². The summed E-state index contributed by atoms with van der Waals surface area (Å²) >= 11 is 1.49. The molecular weight excluding hydrogens is 306 g/mol. The van der Waals surface area contributed by atoms with Gasteiger partial charge in [0.15, 0.2) is 5.13 Å². The second-order valence-electron chi connectivity index (χ2n) is 5.45. The number of nitrogens with one attached hydrogen (secondary N) is 1. The van der Waals surface area contributed by atoms with Crippen LogP contribution in [0.25, 0.3) is 10.4 Å². The topological polar surface area (TPSA) is 54.9 Å². The lowest BCUT2D eigenvalue weighted by Crippen LogP contribution is -2.13. The highest BCUT2D eigenvalue weighted by molar-refractivity contribution is 7.19. The Morgan fingerprint density at radius 1 is 1.17 bits per heavy atom. The molecule has 0 saturated heterocycles. The quantitative estimate of drug-likeness (QED) is 0.778. The van der Waals surface area contributed by atoms with Crippen LogP contribution in [-0.2, 0) is 0 Å². The van der Waals surface area contributed by atoms with Crippen LogP contribution in [0.4, 0.5) is 5.13 Å². The number of hydrogen-bond acceptors (Lipinski definition) is 4. The average Bonchev–Trinajstić information content (AvgIpc) is 2.88. The van der Waals surface area contributed by atoms with Crippen molar-refractivity contribution in [2.24, 2.45) is 0 Å². The average molecular weight is 323 g/mol. The first kappa shape index (κ1) is 15.4. The van der Waals surface area contributed by atoms with Gasteiger partial charge in [-0.15, -0.1) is 0 Å². The third kappa shape index (κ3) is 3.29. The second-order valence-corrected chi connectivity index (χ2v) is 6.45. The summed E-state index contributed by atoms with van der Waals surface area (Å²) < 4.78 is 0. The number of pyridine rings is 1. The van der Waals surface area contributed by atoms with Gasteiger partial charge in [0.05, 0.1) is 10.6 Å². The Balaban J connectivity index is 1.87. The predicted octanol–water partition coefficient (Wildman–Crippen LogP) is 4.38. The van der Waals surface area contributed by atoms with Crippen molar-refractivity contribution in [3.05, 3.63) is 65.1 Å². The Morgan fingerprint density at radius 3 is 2.74 bits per heavy atom. The standard InChI is InChI=1S/C18H17N3OS/c1-11-5-4-6-14(9-11)16-13(3)20-18(23-16)21-17(22)15-7-8-19-10-12(15)2/h4-10H,1-3H3,(H,20,21,22). The Morgan fingerprint density at radius 2 is 2.00 bits per heavy atom. The first-order chi connectivity index (χ1) is 11.0. The predicted molar refractivity (Wildman–Crippen MR) is 94.0 cm³/mol. The second kappa shape index (κ2) is 6.30. The van der Waals surface area contributed by atoms with Crippen molar-refractivity contribution in [2.45, 2.75) is 20.8 Å². The van der Waals surface area contributed by atoms with Gasteiger partial charge >= 0.3 is 0 Å². The van der Waals surface area contributed by atoms with Gasteiger partial charge in [-0.05, 0) is 38.0 Å². The SMILES string of the molecule is Cc1cccc(-c2sc(NC(=O)c3ccncc3C)nc2C)c1. The van der Waals surface area contributed by atoms with Gasteiger partial charge in [0.1, 0.15) is 0 Å². The van der Waals surface area contributed by atoms with Gasteiger partial charge < -0.3 is 0 Å². The maximum Gasteiger partial charge on any atom is 0.257 e. The lowest BCUT2D eigenvalue weighted by atomic mass is 10.1. The van der Waals surface area contributed by atoms with Crippen molar-refractivity contribution in [1.29, 1.82) is 0 Å². The fourth-order valence-electron chi connectivity index (χ4n) is 2.40. The molecule has 0 saturated carbocycles. The molecule has 0 aliphatic heterocycles. The summed E-state index contributed by atoms with van der Waals surface area (Å²) in [6, 6.07) is 10.00. The number of thiazole rings is 1. The third-order valence-electron chi connectivity index (χ3n) is 3.56. The highest BCUT2D eigenvalue weighted by Crippen LogP contribution is 2.33. The Bertz CT molecular complexity index is 870. The maximum atomic E-state index is 12.4. The molecule has 0 fully saturated rings. The third-order valence-corrected chi connectivity index (χ3v) is 4.68. The summed E-state index contributed by atoms with van der Waals surface area (Å²) in [6.07, 6.45) is 3.30. The van der Waals surface area contributed by atoms with Gasteiger partial charge in [-0.2, -0.15) is 0 Å². The minimum absolute atomic E-state index is 0.158. The molecule has 5 heteroatoms. The van der Waals surface area contributed by atoms with Crippen molar-refractivity contribution in [2.75, 3.05) is 5.32 Å². The monoisotopic (exact) mass is 323 g/mol. The van der Waals surface area contributed by atoms with Gasteiger partial charge in [0.25, 0.3) is 5.91 Å². The van der Waals surface area contributed by atoms with Crippen LogP contribution in [0.1, 0.15) is 27.2 Å². The van der Waals surface area contributed by atoms with Crippen molar-refractivity contribution >= 4 is 22.4 Å². The summed E-state index contributed by atoms with van der Waals surface area (Å²) in [7, 11) is 0.